The first-order valence-corrected chi connectivity index (χ1v) is 5.89. The number of anilines is 2. The Morgan fingerprint density at radius 3 is 2.69 bits per heavy atom. The van der Waals surface area contributed by atoms with Gasteiger partial charge in [-0.05, 0) is 34.1 Å². The van der Waals surface area contributed by atoms with Gasteiger partial charge >= 0.3 is 0 Å². The molecule has 16 heavy (non-hydrogen) atoms. The van der Waals surface area contributed by atoms with E-state index in [1.54, 1.807) is 18.2 Å². The van der Waals surface area contributed by atoms with Gasteiger partial charge in [0.15, 0.2) is 0 Å². The van der Waals surface area contributed by atoms with Crippen molar-refractivity contribution in [2.45, 2.75) is 0 Å². The van der Waals surface area contributed by atoms with Crippen molar-refractivity contribution in [2.24, 2.45) is 0 Å². The van der Waals surface area contributed by atoms with Gasteiger partial charge in [0, 0.05) is 15.6 Å². The van der Waals surface area contributed by atoms with Crippen LogP contribution in [0.25, 0.3) is 0 Å². The number of halogens is 3. The minimum atomic E-state index is 0.385. The number of hydrogen-bond donors (Lipinski definition) is 1. The summed E-state index contributed by atoms with van der Waals surface area (Å²) in [7, 11) is 0. The van der Waals surface area contributed by atoms with Gasteiger partial charge in [-0.15, -0.1) is 0 Å². The number of aromatic nitrogens is 2. The van der Waals surface area contributed by atoms with Crippen LogP contribution in [0.15, 0.2) is 35.1 Å². The van der Waals surface area contributed by atoms with Crippen molar-refractivity contribution < 1.29 is 0 Å². The molecule has 0 aliphatic carbocycles. The summed E-state index contributed by atoms with van der Waals surface area (Å²) in [5.41, 5.74) is 0.822. The SMILES string of the molecule is Clc1ccc(Br)c(Nc2cc(Cl)ncn2)c1. The summed E-state index contributed by atoms with van der Waals surface area (Å²) in [5, 5.41) is 4.12. The summed E-state index contributed by atoms with van der Waals surface area (Å²) in [6.07, 6.45) is 1.39. The maximum Gasteiger partial charge on any atom is 0.135 e. The van der Waals surface area contributed by atoms with E-state index in [4.69, 9.17) is 23.2 Å². The zero-order chi connectivity index (χ0) is 11.5. The third kappa shape index (κ3) is 2.84. The smallest absolute Gasteiger partial charge is 0.135 e. The highest BCUT2D eigenvalue weighted by atomic mass is 79.9. The van der Waals surface area contributed by atoms with E-state index >= 15 is 0 Å². The molecule has 82 valence electrons. The predicted molar refractivity (Wildman–Crippen MR) is 69.5 cm³/mol. The van der Waals surface area contributed by atoms with E-state index in [1.807, 2.05) is 6.07 Å². The number of benzene rings is 1. The average Bonchev–Trinajstić information content (AvgIpc) is 2.24. The Balaban J connectivity index is 2.30. The Kier molecular flexibility index (Phi) is 3.63. The Morgan fingerprint density at radius 2 is 1.94 bits per heavy atom. The minimum Gasteiger partial charge on any atom is -0.339 e. The molecule has 0 bridgehead atoms. The molecule has 0 saturated heterocycles. The Bertz CT molecular complexity index is 519. The molecular formula is C10H6BrCl2N3. The number of nitrogens with one attached hydrogen (secondary N) is 1. The van der Waals surface area contributed by atoms with Gasteiger partial charge in [-0.1, -0.05) is 23.2 Å². The average molecular weight is 319 g/mol. The summed E-state index contributed by atoms with van der Waals surface area (Å²) in [5.74, 6) is 0.614. The molecule has 1 aromatic heterocycles. The molecule has 0 aliphatic rings. The van der Waals surface area contributed by atoms with Crippen molar-refractivity contribution in [1.82, 2.24) is 9.97 Å². The van der Waals surface area contributed by atoms with Crippen LogP contribution in [0.5, 0.6) is 0 Å². The molecule has 0 unspecified atom stereocenters. The molecule has 0 atom stereocenters. The molecule has 0 radical (unpaired) electrons. The van der Waals surface area contributed by atoms with Crippen LogP contribution in [0.2, 0.25) is 10.2 Å². The monoisotopic (exact) mass is 317 g/mol. The maximum absolute atomic E-state index is 5.89. The van der Waals surface area contributed by atoms with Crippen LogP contribution in [0.4, 0.5) is 11.5 Å². The van der Waals surface area contributed by atoms with E-state index in [0.717, 1.165) is 10.2 Å². The van der Waals surface area contributed by atoms with Crippen LogP contribution in [0.3, 0.4) is 0 Å². The molecule has 1 heterocycles. The zero-order valence-corrected chi connectivity index (χ0v) is 11.0. The fourth-order valence-corrected chi connectivity index (χ4v) is 1.80. The van der Waals surface area contributed by atoms with Gasteiger partial charge in [0.25, 0.3) is 0 Å². The Morgan fingerprint density at radius 1 is 1.12 bits per heavy atom. The molecule has 2 rings (SSSR count). The summed E-state index contributed by atoms with van der Waals surface area (Å²) >= 11 is 15.1. The molecule has 0 saturated carbocycles. The third-order valence-electron chi connectivity index (χ3n) is 1.82. The zero-order valence-electron chi connectivity index (χ0n) is 7.92. The lowest BCUT2D eigenvalue weighted by atomic mass is 10.3. The summed E-state index contributed by atoms with van der Waals surface area (Å²) in [6.45, 7) is 0. The molecular weight excluding hydrogens is 313 g/mol. The molecule has 2 aromatic rings. The van der Waals surface area contributed by atoms with E-state index < -0.39 is 0 Å². The fourth-order valence-electron chi connectivity index (χ4n) is 1.13. The second-order valence-corrected chi connectivity index (χ2v) is 4.65. The van der Waals surface area contributed by atoms with E-state index in [2.05, 4.69) is 31.2 Å². The molecule has 6 heteroatoms. The number of hydrogen-bond acceptors (Lipinski definition) is 3. The van der Waals surface area contributed by atoms with Gasteiger partial charge in [0.05, 0.1) is 5.69 Å². The summed E-state index contributed by atoms with van der Waals surface area (Å²) in [6, 6.07) is 7.08. The van der Waals surface area contributed by atoms with Crippen molar-refractivity contribution in [3.05, 3.63) is 45.2 Å². The summed E-state index contributed by atoms with van der Waals surface area (Å²) < 4.78 is 0.895. The van der Waals surface area contributed by atoms with Gasteiger partial charge in [-0.3, -0.25) is 0 Å². The van der Waals surface area contributed by atoms with Crippen molar-refractivity contribution in [1.29, 1.82) is 0 Å². The Hall–Kier alpha value is -0.840. The largest absolute Gasteiger partial charge is 0.339 e. The fraction of sp³-hybridized carbons (Fsp3) is 0. The number of nitrogens with zero attached hydrogens (tertiary/aromatic N) is 2. The van der Waals surface area contributed by atoms with E-state index in [-0.39, 0.29) is 0 Å². The lowest BCUT2D eigenvalue weighted by Crippen LogP contribution is -1.94. The molecule has 0 fully saturated rings. The van der Waals surface area contributed by atoms with Gasteiger partial charge < -0.3 is 5.32 Å². The van der Waals surface area contributed by atoms with Gasteiger partial charge in [0.1, 0.15) is 17.3 Å². The van der Waals surface area contributed by atoms with Crippen molar-refractivity contribution in [2.75, 3.05) is 5.32 Å². The van der Waals surface area contributed by atoms with Crippen molar-refractivity contribution >= 4 is 50.6 Å². The molecule has 0 aliphatic heterocycles. The topological polar surface area (TPSA) is 37.8 Å². The van der Waals surface area contributed by atoms with Crippen LogP contribution in [-0.4, -0.2) is 9.97 Å². The molecule has 3 nitrogen and oxygen atoms in total. The van der Waals surface area contributed by atoms with Crippen LogP contribution >= 0.6 is 39.1 Å². The Labute approximate surface area is 111 Å². The van der Waals surface area contributed by atoms with Gasteiger partial charge in [-0.2, -0.15) is 0 Å². The molecule has 0 amide bonds. The number of rotatable bonds is 2. The minimum absolute atomic E-state index is 0.385. The maximum atomic E-state index is 5.89. The molecule has 1 N–H and O–H groups in total. The van der Waals surface area contributed by atoms with Crippen LogP contribution < -0.4 is 5.32 Å². The van der Waals surface area contributed by atoms with Crippen molar-refractivity contribution in [3.8, 4) is 0 Å². The highest BCUT2D eigenvalue weighted by molar-refractivity contribution is 9.10. The van der Waals surface area contributed by atoms with Crippen LogP contribution in [0, 0.1) is 0 Å². The normalized spacial score (nSPS) is 10.2. The highest BCUT2D eigenvalue weighted by Gasteiger charge is 2.02. The lowest BCUT2D eigenvalue weighted by molar-refractivity contribution is 1.17. The molecule has 1 aromatic carbocycles. The first kappa shape index (κ1) is 11.6. The van der Waals surface area contributed by atoms with Crippen molar-refractivity contribution in [3.63, 3.8) is 0 Å². The van der Waals surface area contributed by atoms with E-state index in [0.29, 0.717) is 16.0 Å². The van der Waals surface area contributed by atoms with Crippen LogP contribution in [-0.2, 0) is 0 Å². The summed E-state index contributed by atoms with van der Waals surface area (Å²) in [4.78, 5) is 7.83. The van der Waals surface area contributed by atoms with Gasteiger partial charge in [0.2, 0.25) is 0 Å². The second-order valence-electron chi connectivity index (χ2n) is 2.98. The third-order valence-corrected chi connectivity index (χ3v) is 2.96. The quantitative estimate of drug-likeness (QED) is 0.839. The highest BCUT2D eigenvalue weighted by Crippen LogP contribution is 2.28. The van der Waals surface area contributed by atoms with Crippen LogP contribution in [0.1, 0.15) is 0 Å². The van der Waals surface area contributed by atoms with E-state index in [1.165, 1.54) is 6.33 Å². The first-order valence-electron chi connectivity index (χ1n) is 4.35. The predicted octanol–water partition coefficient (Wildman–Crippen LogP) is 4.29. The standard InChI is InChI=1S/C10H6BrCl2N3/c11-7-2-1-6(12)3-8(7)16-10-4-9(13)14-5-15-10/h1-5H,(H,14,15,16). The lowest BCUT2D eigenvalue weighted by Gasteiger charge is -2.07. The molecule has 0 spiro atoms. The second kappa shape index (κ2) is 4.99. The first-order chi connectivity index (χ1) is 7.65. The van der Waals surface area contributed by atoms with E-state index in [9.17, 15) is 0 Å². The van der Waals surface area contributed by atoms with Gasteiger partial charge in [-0.25, -0.2) is 9.97 Å².